The van der Waals surface area contributed by atoms with Gasteiger partial charge in [0.05, 0.1) is 30.2 Å². The van der Waals surface area contributed by atoms with Crippen LogP contribution in [-0.2, 0) is 6.54 Å². The molecule has 3 N–H and O–H groups in total. The van der Waals surface area contributed by atoms with Crippen molar-refractivity contribution in [3.05, 3.63) is 58.7 Å². The number of hydrogen-bond acceptors (Lipinski definition) is 8. The van der Waals surface area contributed by atoms with Crippen molar-refractivity contribution in [2.75, 3.05) is 55.9 Å². The molecule has 3 heterocycles. The van der Waals surface area contributed by atoms with Crippen molar-refractivity contribution < 1.29 is 9.53 Å². The van der Waals surface area contributed by atoms with Gasteiger partial charge in [-0.25, -0.2) is 4.98 Å². The fraction of sp³-hybridized carbons (Fsp3) is 0.292. The Labute approximate surface area is 203 Å². The van der Waals surface area contributed by atoms with Gasteiger partial charge in [-0.05, 0) is 30.8 Å². The molecule has 2 aliphatic heterocycles. The Hall–Kier alpha value is -3.56. The monoisotopic (exact) mass is 479 g/mol. The number of carbonyl (C=O) groups excluding carboxylic acids is 1. The smallest absolute Gasteiger partial charge is 0.254 e. The fourth-order valence-corrected chi connectivity index (χ4v) is 4.33. The molecule has 5 rings (SSSR count). The molecule has 176 valence electrons. The minimum absolute atomic E-state index is 0.119. The first-order chi connectivity index (χ1) is 16.5. The quantitative estimate of drug-likeness (QED) is 0.493. The van der Waals surface area contributed by atoms with Crippen LogP contribution in [-0.4, -0.2) is 61.1 Å². The van der Waals surface area contributed by atoms with Crippen molar-refractivity contribution in [1.82, 2.24) is 20.2 Å². The summed E-state index contributed by atoms with van der Waals surface area (Å²) in [7, 11) is 3.78. The molecule has 0 atom stereocenters. The number of piperazine rings is 1. The van der Waals surface area contributed by atoms with E-state index in [1.165, 1.54) is 6.20 Å². The third-order valence-electron chi connectivity index (χ3n) is 6.11. The van der Waals surface area contributed by atoms with Gasteiger partial charge in [0.25, 0.3) is 5.91 Å². The average molecular weight is 480 g/mol. The number of methoxy groups -OCH3 is 1. The zero-order valence-corrected chi connectivity index (χ0v) is 19.8. The molecule has 0 unspecified atom stereocenters. The Morgan fingerprint density at radius 2 is 1.91 bits per heavy atom. The minimum Gasteiger partial charge on any atom is -0.494 e. The molecule has 0 saturated carbocycles. The number of aromatic nitrogens is 2. The summed E-state index contributed by atoms with van der Waals surface area (Å²) in [5.74, 6) is 1.34. The van der Waals surface area contributed by atoms with E-state index in [4.69, 9.17) is 16.3 Å². The van der Waals surface area contributed by atoms with Crippen LogP contribution in [0, 0.1) is 0 Å². The van der Waals surface area contributed by atoms with E-state index >= 15 is 0 Å². The third-order valence-corrected chi connectivity index (χ3v) is 6.39. The second-order valence-electron chi connectivity index (χ2n) is 8.34. The highest BCUT2D eigenvalue weighted by Crippen LogP contribution is 2.33. The maximum absolute atomic E-state index is 12.2. The van der Waals surface area contributed by atoms with Crippen LogP contribution < -0.4 is 25.6 Å². The van der Waals surface area contributed by atoms with Gasteiger partial charge in [0.2, 0.25) is 5.95 Å². The van der Waals surface area contributed by atoms with Crippen molar-refractivity contribution in [2.24, 2.45) is 0 Å². The van der Waals surface area contributed by atoms with Gasteiger partial charge in [-0.3, -0.25) is 4.79 Å². The van der Waals surface area contributed by atoms with Crippen molar-refractivity contribution in [3.63, 3.8) is 0 Å². The third kappa shape index (κ3) is 4.44. The summed E-state index contributed by atoms with van der Waals surface area (Å²) in [6.07, 6.45) is 1.52. The topological polar surface area (TPSA) is 94.7 Å². The lowest BCUT2D eigenvalue weighted by atomic mass is 10.1. The first-order valence-corrected chi connectivity index (χ1v) is 11.5. The lowest BCUT2D eigenvalue weighted by Gasteiger charge is -2.34. The van der Waals surface area contributed by atoms with Gasteiger partial charge in [-0.15, -0.1) is 0 Å². The van der Waals surface area contributed by atoms with Crippen LogP contribution in [0.5, 0.6) is 5.75 Å². The van der Waals surface area contributed by atoms with E-state index in [0.29, 0.717) is 40.3 Å². The molecule has 34 heavy (non-hydrogen) atoms. The zero-order chi connectivity index (χ0) is 23.7. The number of likely N-dealkylation sites (N-methyl/N-ethyl adjacent to an activating group) is 1. The molecule has 1 fully saturated rings. The van der Waals surface area contributed by atoms with Crippen molar-refractivity contribution in [1.29, 1.82) is 0 Å². The number of benzene rings is 2. The Balaban J connectivity index is 1.37. The van der Waals surface area contributed by atoms with E-state index in [1.807, 2.05) is 30.3 Å². The number of fused-ring (bicyclic) bond motifs is 1. The maximum atomic E-state index is 12.2. The summed E-state index contributed by atoms with van der Waals surface area (Å²) in [6, 6.07) is 11.7. The van der Waals surface area contributed by atoms with E-state index in [1.54, 1.807) is 7.11 Å². The Bertz CT molecular complexity index is 1230. The number of hydrogen-bond donors (Lipinski definition) is 3. The normalized spacial score (nSPS) is 15.6. The number of carbonyl (C=O) groups is 1. The highest BCUT2D eigenvalue weighted by Gasteiger charge is 2.23. The van der Waals surface area contributed by atoms with Crippen molar-refractivity contribution in [3.8, 4) is 5.75 Å². The number of amides is 1. The Morgan fingerprint density at radius 1 is 1.09 bits per heavy atom. The number of nitrogens with zero attached hydrogens (tertiary/aromatic N) is 4. The number of ether oxygens (including phenoxy) is 1. The number of halogens is 1. The van der Waals surface area contributed by atoms with E-state index in [2.05, 4.69) is 48.8 Å². The molecule has 9 nitrogen and oxygen atoms in total. The molecule has 0 bridgehead atoms. The molecule has 3 aromatic rings. The maximum Gasteiger partial charge on any atom is 0.254 e. The SMILES string of the molecule is COc1cc(N2CCN(C)CC2)ccc1Nc1ncc(Cl)c(Nc2cccc3c2C(=O)NC3)n1. The van der Waals surface area contributed by atoms with E-state index in [9.17, 15) is 4.79 Å². The van der Waals surface area contributed by atoms with Crippen molar-refractivity contribution in [2.45, 2.75) is 6.54 Å². The Morgan fingerprint density at radius 3 is 2.71 bits per heavy atom. The number of nitrogens with one attached hydrogen (secondary N) is 3. The first kappa shape index (κ1) is 22.2. The number of rotatable bonds is 6. The molecule has 10 heteroatoms. The molecule has 2 aliphatic rings. The molecular formula is C24H26ClN7O2. The first-order valence-electron chi connectivity index (χ1n) is 11.1. The predicted molar refractivity (Wildman–Crippen MR) is 134 cm³/mol. The van der Waals surface area contributed by atoms with Crippen LogP contribution in [0.15, 0.2) is 42.6 Å². The molecule has 0 radical (unpaired) electrons. The fourth-order valence-electron chi connectivity index (χ4n) is 4.19. The van der Waals surface area contributed by atoms with E-state index in [0.717, 1.165) is 43.1 Å². The lowest BCUT2D eigenvalue weighted by Crippen LogP contribution is -2.44. The van der Waals surface area contributed by atoms with Gasteiger partial charge in [0.1, 0.15) is 10.8 Å². The molecule has 1 amide bonds. The van der Waals surface area contributed by atoms with Gasteiger partial charge < -0.3 is 30.5 Å². The van der Waals surface area contributed by atoms with E-state index < -0.39 is 0 Å². The highest BCUT2D eigenvalue weighted by molar-refractivity contribution is 6.33. The number of anilines is 5. The molecule has 1 saturated heterocycles. The lowest BCUT2D eigenvalue weighted by molar-refractivity contribution is 0.0966. The summed E-state index contributed by atoms with van der Waals surface area (Å²) >= 11 is 6.36. The standard InChI is InChI=1S/C24H26ClN7O2/c1-31-8-10-32(11-9-31)16-6-7-18(20(12-16)34-2)29-24-27-14-17(25)22(30-24)28-19-5-3-4-15-13-26-23(33)21(15)19/h3-7,12,14H,8-11,13H2,1-2H3,(H,26,33)(H2,27,28,29,30). The molecule has 2 aromatic carbocycles. The Kier molecular flexibility index (Phi) is 6.12. The van der Waals surface area contributed by atoms with Crippen LogP contribution in [0.25, 0.3) is 0 Å². The summed E-state index contributed by atoms with van der Waals surface area (Å²) in [5, 5.41) is 9.59. The van der Waals surface area contributed by atoms with E-state index in [-0.39, 0.29) is 5.91 Å². The van der Waals surface area contributed by atoms with Crippen molar-refractivity contribution >= 4 is 46.3 Å². The highest BCUT2D eigenvalue weighted by atomic mass is 35.5. The summed E-state index contributed by atoms with van der Waals surface area (Å²) in [6.45, 7) is 4.52. The van der Waals surface area contributed by atoms with Gasteiger partial charge in [-0.1, -0.05) is 23.7 Å². The summed E-state index contributed by atoms with van der Waals surface area (Å²) in [5.41, 5.74) is 4.05. The average Bonchev–Trinajstić information content (AvgIpc) is 3.23. The van der Waals surface area contributed by atoms with Crippen LogP contribution in [0.3, 0.4) is 0 Å². The van der Waals surface area contributed by atoms with Crippen LogP contribution in [0.1, 0.15) is 15.9 Å². The van der Waals surface area contributed by atoms with Gasteiger partial charge >= 0.3 is 0 Å². The molecule has 1 aromatic heterocycles. The molecule has 0 spiro atoms. The van der Waals surface area contributed by atoms with Crippen LogP contribution in [0.2, 0.25) is 5.02 Å². The molecule has 0 aliphatic carbocycles. The second-order valence-corrected chi connectivity index (χ2v) is 8.74. The van der Waals surface area contributed by atoms with Gasteiger partial charge in [0.15, 0.2) is 5.82 Å². The van der Waals surface area contributed by atoms with Gasteiger partial charge in [-0.2, -0.15) is 4.98 Å². The van der Waals surface area contributed by atoms with Crippen LogP contribution >= 0.6 is 11.6 Å². The second kappa shape index (κ2) is 9.36. The van der Waals surface area contributed by atoms with Gasteiger partial charge in [0, 0.05) is 44.5 Å². The summed E-state index contributed by atoms with van der Waals surface area (Å²) < 4.78 is 5.64. The minimum atomic E-state index is -0.119. The zero-order valence-electron chi connectivity index (χ0n) is 19.1. The largest absolute Gasteiger partial charge is 0.494 e. The van der Waals surface area contributed by atoms with Crippen LogP contribution in [0.4, 0.5) is 28.8 Å². The molecular weight excluding hydrogens is 454 g/mol. The predicted octanol–water partition coefficient (Wildman–Crippen LogP) is 3.62. The summed E-state index contributed by atoms with van der Waals surface area (Å²) in [4.78, 5) is 25.8.